The van der Waals surface area contributed by atoms with Gasteiger partial charge in [-0.05, 0) is 37.6 Å². The summed E-state index contributed by atoms with van der Waals surface area (Å²) in [5.74, 6) is -1.27. The van der Waals surface area contributed by atoms with Crippen molar-refractivity contribution in [3.8, 4) is 5.75 Å². The van der Waals surface area contributed by atoms with E-state index in [1.165, 1.54) is 0 Å². The normalized spacial score (nSPS) is 12.5. The van der Waals surface area contributed by atoms with Crippen molar-refractivity contribution in [1.29, 1.82) is 0 Å². The molecule has 3 rings (SSSR count). The Morgan fingerprint density at radius 1 is 0.967 bits per heavy atom. The number of hydrogen-bond acceptors (Lipinski definition) is 6. The van der Waals surface area contributed by atoms with Crippen LogP contribution in [0, 0.1) is 0 Å². The summed E-state index contributed by atoms with van der Waals surface area (Å²) >= 11 is 0. The van der Waals surface area contributed by atoms with Crippen molar-refractivity contribution in [2.45, 2.75) is 19.8 Å². The molecule has 3 amide bonds. The fraction of sp³-hybridized carbons (Fsp3) is 0.273. The van der Waals surface area contributed by atoms with Crippen molar-refractivity contribution < 1.29 is 28.7 Å². The Hall–Kier alpha value is -3.68. The van der Waals surface area contributed by atoms with E-state index in [9.17, 15) is 19.2 Å². The summed E-state index contributed by atoms with van der Waals surface area (Å²) in [6, 6.07) is 13.6. The Labute approximate surface area is 173 Å². The van der Waals surface area contributed by atoms with E-state index < -0.39 is 18.5 Å². The number of para-hydroxylation sites is 2. The number of nitrogens with one attached hydrogen (secondary N) is 1. The fourth-order valence-electron chi connectivity index (χ4n) is 3.08. The third-order valence-corrected chi connectivity index (χ3v) is 4.47. The highest BCUT2D eigenvalue weighted by Crippen LogP contribution is 2.24. The first-order valence-electron chi connectivity index (χ1n) is 9.63. The average molecular weight is 410 g/mol. The summed E-state index contributed by atoms with van der Waals surface area (Å²) in [6.45, 7) is 1.96. The number of ether oxygens (including phenoxy) is 2. The molecule has 1 aliphatic heterocycles. The maximum absolute atomic E-state index is 12.3. The van der Waals surface area contributed by atoms with Crippen molar-refractivity contribution in [3.63, 3.8) is 0 Å². The number of benzene rings is 2. The van der Waals surface area contributed by atoms with E-state index in [0.29, 0.717) is 29.2 Å². The molecule has 0 saturated carbocycles. The van der Waals surface area contributed by atoms with Crippen molar-refractivity contribution >= 4 is 29.4 Å². The molecule has 0 saturated heterocycles. The van der Waals surface area contributed by atoms with Gasteiger partial charge in [0.1, 0.15) is 5.75 Å². The maximum atomic E-state index is 12.3. The SMILES string of the molecule is CCOc1ccccc1NC(=O)COC(=O)CCCN1C(=O)c2ccccc2C1=O. The van der Waals surface area contributed by atoms with Crippen molar-refractivity contribution in [2.75, 3.05) is 25.1 Å². The minimum absolute atomic E-state index is 0.0176. The van der Waals surface area contributed by atoms with Gasteiger partial charge in [0.2, 0.25) is 0 Å². The summed E-state index contributed by atoms with van der Waals surface area (Å²) in [7, 11) is 0. The quantitative estimate of drug-likeness (QED) is 0.504. The van der Waals surface area contributed by atoms with Crippen LogP contribution >= 0.6 is 0 Å². The molecule has 0 aromatic heterocycles. The lowest BCUT2D eigenvalue weighted by atomic mass is 10.1. The van der Waals surface area contributed by atoms with Crippen LogP contribution in [0.1, 0.15) is 40.5 Å². The number of anilines is 1. The van der Waals surface area contributed by atoms with E-state index in [0.717, 1.165) is 4.90 Å². The highest BCUT2D eigenvalue weighted by Gasteiger charge is 2.34. The van der Waals surface area contributed by atoms with E-state index in [2.05, 4.69) is 5.32 Å². The van der Waals surface area contributed by atoms with Crippen LogP contribution < -0.4 is 10.1 Å². The standard InChI is InChI=1S/C22H22N2O6/c1-2-29-18-11-6-5-10-17(18)23-19(25)14-30-20(26)12-7-13-24-21(27)15-8-3-4-9-16(15)22(24)28/h3-6,8-11H,2,7,12-14H2,1H3,(H,23,25). The Morgan fingerprint density at radius 2 is 1.60 bits per heavy atom. The van der Waals surface area contributed by atoms with Gasteiger partial charge in [-0.3, -0.25) is 24.1 Å². The molecule has 0 fully saturated rings. The highest BCUT2D eigenvalue weighted by molar-refractivity contribution is 6.21. The zero-order valence-electron chi connectivity index (χ0n) is 16.6. The van der Waals surface area contributed by atoms with Crippen LogP contribution in [-0.4, -0.2) is 48.3 Å². The van der Waals surface area contributed by atoms with E-state index >= 15 is 0 Å². The molecule has 2 aromatic rings. The number of carbonyl (C=O) groups is 4. The molecule has 1 N–H and O–H groups in total. The molecule has 0 radical (unpaired) electrons. The Kier molecular flexibility index (Phi) is 6.79. The molecule has 1 aliphatic rings. The monoisotopic (exact) mass is 410 g/mol. The summed E-state index contributed by atoms with van der Waals surface area (Å²) < 4.78 is 10.4. The second-order valence-electron chi connectivity index (χ2n) is 6.55. The summed E-state index contributed by atoms with van der Waals surface area (Å²) in [4.78, 5) is 49.6. The maximum Gasteiger partial charge on any atom is 0.306 e. The zero-order chi connectivity index (χ0) is 21.5. The number of carbonyl (C=O) groups excluding carboxylic acids is 4. The lowest BCUT2D eigenvalue weighted by molar-refractivity contribution is -0.147. The molecular formula is C22H22N2O6. The molecule has 0 bridgehead atoms. The number of fused-ring (bicyclic) bond motifs is 1. The Morgan fingerprint density at radius 3 is 2.27 bits per heavy atom. The third kappa shape index (κ3) is 4.83. The first-order chi connectivity index (χ1) is 14.5. The largest absolute Gasteiger partial charge is 0.492 e. The first kappa shape index (κ1) is 21.0. The topological polar surface area (TPSA) is 102 Å². The predicted molar refractivity (Wildman–Crippen MR) is 108 cm³/mol. The number of amides is 3. The second kappa shape index (κ2) is 9.69. The molecule has 156 valence electrons. The predicted octanol–water partition coefficient (Wildman–Crippen LogP) is 2.64. The molecule has 0 spiro atoms. The van der Waals surface area contributed by atoms with Crippen LogP contribution in [0.25, 0.3) is 0 Å². The molecule has 0 aliphatic carbocycles. The molecule has 2 aromatic carbocycles. The van der Waals surface area contributed by atoms with Gasteiger partial charge < -0.3 is 14.8 Å². The Balaban J connectivity index is 1.41. The molecular weight excluding hydrogens is 388 g/mol. The van der Waals surface area contributed by atoms with Crippen LogP contribution in [-0.2, 0) is 14.3 Å². The lowest BCUT2D eigenvalue weighted by Gasteiger charge is -2.13. The fourth-order valence-corrected chi connectivity index (χ4v) is 3.08. The van der Waals surface area contributed by atoms with Crippen LogP contribution in [0.4, 0.5) is 5.69 Å². The Bertz CT molecular complexity index is 937. The van der Waals surface area contributed by atoms with Crippen molar-refractivity contribution in [1.82, 2.24) is 4.90 Å². The number of imide groups is 1. The van der Waals surface area contributed by atoms with Gasteiger partial charge in [-0.25, -0.2) is 0 Å². The summed E-state index contributed by atoms with van der Waals surface area (Å²) in [6.07, 6.45) is 0.231. The van der Waals surface area contributed by atoms with Crippen molar-refractivity contribution in [2.24, 2.45) is 0 Å². The van der Waals surface area contributed by atoms with Gasteiger partial charge in [0.05, 0.1) is 23.4 Å². The van der Waals surface area contributed by atoms with E-state index in [4.69, 9.17) is 9.47 Å². The van der Waals surface area contributed by atoms with Gasteiger partial charge in [-0.15, -0.1) is 0 Å². The molecule has 0 unspecified atom stereocenters. The molecule has 0 atom stereocenters. The van der Waals surface area contributed by atoms with Crippen LogP contribution in [0.2, 0.25) is 0 Å². The van der Waals surface area contributed by atoms with Crippen LogP contribution in [0.15, 0.2) is 48.5 Å². The third-order valence-electron chi connectivity index (χ3n) is 4.47. The minimum Gasteiger partial charge on any atom is -0.492 e. The first-order valence-corrected chi connectivity index (χ1v) is 9.63. The van der Waals surface area contributed by atoms with Gasteiger partial charge in [-0.2, -0.15) is 0 Å². The smallest absolute Gasteiger partial charge is 0.306 e. The molecule has 1 heterocycles. The number of hydrogen-bond donors (Lipinski definition) is 1. The molecule has 8 nitrogen and oxygen atoms in total. The van der Waals surface area contributed by atoms with Gasteiger partial charge in [0, 0.05) is 13.0 Å². The molecule has 8 heteroatoms. The van der Waals surface area contributed by atoms with Crippen molar-refractivity contribution in [3.05, 3.63) is 59.7 Å². The molecule has 30 heavy (non-hydrogen) atoms. The highest BCUT2D eigenvalue weighted by atomic mass is 16.5. The number of rotatable bonds is 9. The van der Waals surface area contributed by atoms with Gasteiger partial charge in [0.25, 0.3) is 17.7 Å². The minimum atomic E-state index is -0.583. The summed E-state index contributed by atoms with van der Waals surface area (Å²) in [5.41, 5.74) is 1.23. The van der Waals surface area contributed by atoms with Gasteiger partial charge >= 0.3 is 5.97 Å². The van der Waals surface area contributed by atoms with E-state index in [1.54, 1.807) is 48.5 Å². The zero-order valence-corrected chi connectivity index (χ0v) is 16.6. The van der Waals surface area contributed by atoms with E-state index in [1.807, 2.05) is 6.92 Å². The number of nitrogens with zero attached hydrogens (tertiary/aromatic N) is 1. The second-order valence-corrected chi connectivity index (χ2v) is 6.55. The number of esters is 1. The summed E-state index contributed by atoms with van der Waals surface area (Å²) in [5, 5.41) is 2.63. The van der Waals surface area contributed by atoms with Crippen LogP contribution in [0.3, 0.4) is 0 Å². The average Bonchev–Trinajstić information content (AvgIpc) is 2.99. The van der Waals surface area contributed by atoms with Crippen LogP contribution in [0.5, 0.6) is 5.75 Å². The van der Waals surface area contributed by atoms with E-state index in [-0.39, 0.29) is 31.2 Å². The lowest BCUT2D eigenvalue weighted by Crippen LogP contribution is -2.31. The van der Waals surface area contributed by atoms with Gasteiger partial charge in [-0.1, -0.05) is 24.3 Å². The van der Waals surface area contributed by atoms with Gasteiger partial charge in [0.15, 0.2) is 6.61 Å².